The smallest absolute Gasteiger partial charge is 0.224 e. The summed E-state index contributed by atoms with van der Waals surface area (Å²) in [5.41, 5.74) is 3.05. The first kappa shape index (κ1) is 15.7. The Morgan fingerprint density at radius 3 is 2.14 bits per heavy atom. The third-order valence-corrected chi connectivity index (χ3v) is 3.75. The van der Waals surface area contributed by atoms with Gasteiger partial charge in [-0.05, 0) is 35.2 Å². The van der Waals surface area contributed by atoms with Crippen LogP contribution in [0.5, 0.6) is 0 Å². The number of aliphatic hydroxyl groups is 1. The number of benzene rings is 2. The van der Waals surface area contributed by atoms with E-state index in [0.29, 0.717) is 13.0 Å². The Balaban J connectivity index is 1.74. The molecule has 0 saturated carbocycles. The molecule has 0 aliphatic carbocycles. The SMILES string of the molecule is O=C(Cc1ccc(Br)cc1)NCCc1ccc(CO)cc1. The van der Waals surface area contributed by atoms with Crippen molar-refractivity contribution in [3.05, 3.63) is 69.7 Å². The van der Waals surface area contributed by atoms with Gasteiger partial charge in [0.2, 0.25) is 5.91 Å². The van der Waals surface area contributed by atoms with Crippen LogP contribution in [0.15, 0.2) is 53.0 Å². The van der Waals surface area contributed by atoms with E-state index in [0.717, 1.165) is 27.6 Å². The maximum absolute atomic E-state index is 11.8. The van der Waals surface area contributed by atoms with Crippen molar-refractivity contribution < 1.29 is 9.90 Å². The molecule has 0 heterocycles. The number of rotatable bonds is 6. The van der Waals surface area contributed by atoms with Gasteiger partial charge in [-0.1, -0.05) is 52.3 Å². The van der Waals surface area contributed by atoms with Crippen LogP contribution in [-0.4, -0.2) is 17.6 Å². The van der Waals surface area contributed by atoms with Crippen LogP contribution in [0.3, 0.4) is 0 Å². The van der Waals surface area contributed by atoms with Crippen LogP contribution in [-0.2, 0) is 24.2 Å². The van der Waals surface area contributed by atoms with Crippen molar-refractivity contribution in [3.63, 3.8) is 0 Å². The van der Waals surface area contributed by atoms with Crippen molar-refractivity contribution >= 4 is 21.8 Å². The maximum atomic E-state index is 11.8. The summed E-state index contributed by atoms with van der Waals surface area (Å²) >= 11 is 3.37. The average Bonchev–Trinajstić information content (AvgIpc) is 2.50. The third kappa shape index (κ3) is 5.33. The van der Waals surface area contributed by atoms with Crippen molar-refractivity contribution in [1.82, 2.24) is 5.32 Å². The van der Waals surface area contributed by atoms with Gasteiger partial charge in [0.05, 0.1) is 13.0 Å². The molecular weight excluding hydrogens is 330 g/mol. The number of hydrogen-bond acceptors (Lipinski definition) is 2. The van der Waals surface area contributed by atoms with E-state index >= 15 is 0 Å². The van der Waals surface area contributed by atoms with E-state index in [4.69, 9.17) is 5.11 Å². The van der Waals surface area contributed by atoms with Gasteiger partial charge in [0.15, 0.2) is 0 Å². The normalized spacial score (nSPS) is 10.4. The van der Waals surface area contributed by atoms with Gasteiger partial charge in [-0.2, -0.15) is 0 Å². The lowest BCUT2D eigenvalue weighted by Gasteiger charge is -2.06. The number of aliphatic hydroxyl groups excluding tert-OH is 1. The molecule has 0 aromatic heterocycles. The highest BCUT2D eigenvalue weighted by molar-refractivity contribution is 9.10. The molecule has 0 fully saturated rings. The molecule has 0 atom stereocenters. The second kappa shape index (κ2) is 7.96. The maximum Gasteiger partial charge on any atom is 0.224 e. The van der Waals surface area contributed by atoms with E-state index < -0.39 is 0 Å². The summed E-state index contributed by atoms with van der Waals surface area (Å²) in [5.74, 6) is 0.0318. The predicted octanol–water partition coefficient (Wildman–Crippen LogP) is 2.84. The number of carbonyl (C=O) groups excluding carboxylic acids is 1. The quantitative estimate of drug-likeness (QED) is 0.844. The molecule has 0 bridgehead atoms. The molecule has 2 N–H and O–H groups in total. The summed E-state index contributed by atoms with van der Waals surface area (Å²) in [6.07, 6.45) is 1.19. The Bertz CT molecular complexity index is 579. The topological polar surface area (TPSA) is 49.3 Å². The molecule has 0 aliphatic heterocycles. The van der Waals surface area contributed by atoms with Gasteiger partial charge >= 0.3 is 0 Å². The summed E-state index contributed by atoms with van der Waals surface area (Å²) in [5, 5.41) is 11.9. The van der Waals surface area contributed by atoms with Crippen molar-refractivity contribution in [3.8, 4) is 0 Å². The van der Waals surface area contributed by atoms with Crippen LogP contribution in [0, 0.1) is 0 Å². The summed E-state index contributed by atoms with van der Waals surface area (Å²) in [4.78, 5) is 11.8. The first-order chi connectivity index (χ1) is 10.2. The van der Waals surface area contributed by atoms with E-state index in [1.807, 2.05) is 48.5 Å². The fraction of sp³-hybridized carbons (Fsp3) is 0.235. The molecule has 0 saturated heterocycles. The van der Waals surface area contributed by atoms with Crippen LogP contribution >= 0.6 is 15.9 Å². The third-order valence-electron chi connectivity index (χ3n) is 3.22. The van der Waals surface area contributed by atoms with Gasteiger partial charge in [0.1, 0.15) is 0 Å². The van der Waals surface area contributed by atoms with Crippen LogP contribution in [0.2, 0.25) is 0 Å². The summed E-state index contributed by atoms with van der Waals surface area (Å²) in [6.45, 7) is 0.679. The van der Waals surface area contributed by atoms with Gasteiger partial charge in [0, 0.05) is 11.0 Å². The molecule has 4 heteroatoms. The number of nitrogens with one attached hydrogen (secondary N) is 1. The molecule has 2 aromatic carbocycles. The van der Waals surface area contributed by atoms with Gasteiger partial charge in [-0.25, -0.2) is 0 Å². The monoisotopic (exact) mass is 347 g/mol. The van der Waals surface area contributed by atoms with E-state index in [1.165, 1.54) is 0 Å². The molecule has 0 aliphatic rings. The molecule has 1 amide bonds. The van der Waals surface area contributed by atoms with Gasteiger partial charge in [0.25, 0.3) is 0 Å². The molecule has 110 valence electrons. The van der Waals surface area contributed by atoms with Crippen molar-refractivity contribution in [2.75, 3.05) is 6.54 Å². The van der Waals surface area contributed by atoms with Crippen LogP contribution in [0.1, 0.15) is 16.7 Å². The summed E-state index contributed by atoms with van der Waals surface area (Å²) < 4.78 is 1.01. The standard InChI is InChI=1S/C17H18BrNO2/c18-16-7-5-14(6-8-16)11-17(21)19-10-9-13-1-3-15(12-20)4-2-13/h1-8,20H,9-12H2,(H,19,21). The molecule has 3 nitrogen and oxygen atoms in total. The molecular formula is C17H18BrNO2. The Kier molecular flexibility index (Phi) is 5.96. The highest BCUT2D eigenvalue weighted by Gasteiger charge is 2.03. The van der Waals surface area contributed by atoms with Crippen molar-refractivity contribution in [1.29, 1.82) is 0 Å². The van der Waals surface area contributed by atoms with E-state index in [9.17, 15) is 4.79 Å². The number of carbonyl (C=O) groups is 1. The van der Waals surface area contributed by atoms with Crippen LogP contribution in [0.25, 0.3) is 0 Å². The van der Waals surface area contributed by atoms with Crippen molar-refractivity contribution in [2.24, 2.45) is 0 Å². The molecule has 0 unspecified atom stereocenters. The highest BCUT2D eigenvalue weighted by atomic mass is 79.9. The summed E-state index contributed by atoms with van der Waals surface area (Å²) in [7, 11) is 0. The van der Waals surface area contributed by atoms with Crippen LogP contribution < -0.4 is 5.32 Å². The molecule has 21 heavy (non-hydrogen) atoms. The van der Waals surface area contributed by atoms with Gasteiger partial charge in [-0.3, -0.25) is 4.79 Å². The number of amides is 1. The predicted molar refractivity (Wildman–Crippen MR) is 86.9 cm³/mol. The van der Waals surface area contributed by atoms with Crippen LogP contribution in [0.4, 0.5) is 0 Å². The first-order valence-corrected chi connectivity index (χ1v) is 7.66. The Hall–Kier alpha value is -1.65. The second-order valence-electron chi connectivity index (χ2n) is 4.88. The fourth-order valence-electron chi connectivity index (χ4n) is 2.01. The average molecular weight is 348 g/mol. The van der Waals surface area contributed by atoms with Crippen molar-refractivity contribution in [2.45, 2.75) is 19.4 Å². The molecule has 2 rings (SSSR count). The zero-order chi connectivity index (χ0) is 15.1. The van der Waals surface area contributed by atoms with Gasteiger partial charge in [-0.15, -0.1) is 0 Å². The Labute approximate surface area is 133 Å². The highest BCUT2D eigenvalue weighted by Crippen LogP contribution is 2.10. The lowest BCUT2D eigenvalue weighted by molar-refractivity contribution is -0.120. The van der Waals surface area contributed by atoms with E-state index in [1.54, 1.807) is 0 Å². The zero-order valence-electron chi connectivity index (χ0n) is 11.7. The lowest BCUT2D eigenvalue weighted by Crippen LogP contribution is -2.27. The fourth-order valence-corrected chi connectivity index (χ4v) is 2.27. The van der Waals surface area contributed by atoms with Gasteiger partial charge < -0.3 is 10.4 Å². The Morgan fingerprint density at radius 1 is 0.952 bits per heavy atom. The first-order valence-electron chi connectivity index (χ1n) is 6.87. The van der Waals surface area contributed by atoms with E-state index in [2.05, 4.69) is 21.2 Å². The minimum absolute atomic E-state index is 0.0318. The molecule has 2 aromatic rings. The largest absolute Gasteiger partial charge is 0.392 e. The van der Waals surface area contributed by atoms with E-state index in [-0.39, 0.29) is 12.5 Å². The number of halogens is 1. The minimum atomic E-state index is 0.0318. The molecule has 0 radical (unpaired) electrons. The zero-order valence-corrected chi connectivity index (χ0v) is 13.3. The summed E-state index contributed by atoms with van der Waals surface area (Å²) in [6, 6.07) is 15.5. The minimum Gasteiger partial charge on any atom is -0.392 e. The Morgan fingerprint density at radius 2 is 1.52 bits per heavy atom. The molecule has 0 spiro atoms. The second-order valence-corrected chi connectivity index (χ2v) is 5.79. The lowest BCUT2D eigenvalue weighted by atomic mass is 10.1. The number of hydrogen-bond donors (Lipinski definition) is 2.